The molecule has 0 N–H and O–H groups in total. The summed E-state index contributed by atoms with van der Waals surface area (Å²) in [4.78, 5) is 0.258. The van der Waals surface area contributed by atoms with Crippen LogP contribution >= 0.6 is 0 Å². The van der Waals surface area contributed by atoms with Crippen LogP contribution in [0.4, 0.5) is 0 Å². The molecule has 0 aliphatic carbocycles. The number of rotatable bonds is 4. The van der Waals surface area contributed by atoms with Crippen LogP contribution in [-0.2, 0) is 14.3 Å². The molecular weight excluding hydrogens is 200 g/mol. The Morgan fingerprint density at radius 1 is 1.29 bits per heavy atom. The molecule has 0 spiro atoms. The molecule has 3 nitrogen and oxygen atoms in total. The highest BCUT2D eigenvalue weighted by Gasteiger charge is 2.16. The van der Waals surface area contributed by atoms with Crippen LogP contribution in [0.1, 0.15) is 18.9 Å². The molecule has 0 saturated heterocycles. The van der Waals surface area contributed by atoms with E-state index in [0.717, 1.165) is 0 Å². The summed E-state index contributed by atoms with van der Waals surface area (Å²) < 4.78 is 28.0. The Labute approximate surface area is 84.8 Å². The first-order valence-corrected chi connectivity index (χ1v) is 5.94. The molecule has 0 fully saturated rings. The molecule has 0 unspecified atom stereocenters. The van der Waals surface area contributed by atoms with Crippen LogP contribution in [0, 0.1) is 6.92 Å². The molecule has 0 aliphatic rings. The lowest BCUT2D eigenvalue weighted by atomic mass is 10.2. The highest BCUT2D eigenvalue weighted by Crippen LogP contribution is 2.16. The Hall–Kier alpha value is -0.870. The van der Waals surface area contributed by atoms with Crippen LogP contribution in [0.2, 0.25) is 0 Å². The summed E-state index contributed by atoms with van der Waals surface area (Å²) in [5, 5.41) is 0. The van der Waals surface area contributed by atoms with Crippen molar-refractivity contribution in [3.8, 4) is 0 Å². The second-order valence-corrected chi connectivity index (χ2v) is 4.63. The van der Waals surface area contributed by atoms with Crippen molar-refractivity contribution in [2.24, 2.45) is 0 Å². The van der Waals surface area contributed by atoms with Gasteiger partial charge in [0, 0.05) is 0 Å². The van der Waals surface area contributed by atoms with E-state index in [1.54, 1.807) is 31.2 Å². The van der Waals surface area contributed by atoms with Crippen LogP contribution < -0.4 is 0 Å². The van der Waals surface area contributed by atoms with Crippen molar-refractivity contribution in [3.05, 3.63) is 29.8 Å². The lowest BCUT2D eigenvalue weighted by molar-refractivity contribution is 0.318. The molecule has 0 aliphatic heterocycles. The van der Waals surface area contributed by atoms with Gasteiger partial charge in [0.25, 0.3) is 10.1 Å². The molecular formula is C10H14O3S. The maximum absolute atomic E-state index is 11.6. The summed E-state index contributed by atoms with van der Waals surface area (Å²) in [7, 11) is -3.55. The van der Waals surface area contributed by atoms with Gasteiger partial charge in [-0.1, -0.05) is 25.1 Å². The number of benzene rings is 1. The molecule has 1 rings (SSSR count). The highest BCUT2D eigenvalue weighted by molar-refractivity contribution is 7.86. The zero-order valence-electron chi connectivity index (χ0n) is 8.36. The zero-order chi connectivity index (χ0) is 10.6. The predicted molar refractivity (Wildman–Crippen MR) is 54.6 cm³/mol. The predicted octanol–water partition coefficient (Wildman–Crippen LogP) is 2.11. The molecule has 1 aromatic rings. The van der Waals surface area contributed by atoms with Crippen molar-refractivity contribution in [1.29, 1.82) is 0 Å². The van der Waals surface area contributed by atoms with Crippen LogP contribution in [-0.4, -0.2) is 15.0 Å². The second kappa shape index (κ2) is 4.57. The van der Waals surface area contributed by atoms with Crippen LogP contribution in [0.5, 0.6) is 0 Å². The summed E-state index contributed by atoms with van der Waals surface area (Å²) in [6.07, 6.45) is 0.686. The smallest absolute Gasteiger partial charge is 0.266 e. The lowest BCUT2D eigenvalue weighted by Gasteiger charge is -2.06. The molecule has 0 atom stereocenters. The van der Waals surface area contributed by atoms with Gasteiger partial charge in [0.05, 0.1) is 11.5 Å². The van der Waals surface area contributed by atoms with Crippen LogP contribution in [0.3, 0.4) is 0 Å². The maximum atomic E-state index is 11.6. The van der Waals surface area contributed by atoms with E-state index in [0.29, 0.717) is 12.0 Å². The Bertz CT molecular complexity index is 396. The van der Waals surface area contributed by atoms with E-state index in [4.69, 9.17) is 4.18 Å². The fourth-order valence-electron chi connectivity index (χ4n) is 1.09. The van der Waals surface area contributed by atoms with Crippen molar-refractivity contribution in [3.63, 3.8) is 0 Å². The molecule has 14 heavy (non-hydrogen) atoms. The van der Waals surface area contributed by atoms with Crippen molar-refractivity contribution in [2.45, 2.75) is 25.2 Å². The van der Waals surface area contributed by atoms with Crippen molar-refractivity contribution >= 4 is 10.1 Å². The van der Waals surface area contributed by atoms with Gasteiger partial charge >= 0.3 is 0 Å². The van der Waals surface area contributed by atoms with Gasteiger partial charge in [0.2, 0.25) is 0 Å². The van der Waals surface area contributed by atoms with E-state index in [1.807, 2.05) is 6.92 Å². The number of hydrogen-bond donors (Lipinski definition) is 0. The van der Waals surface area contributed by atoms with Gasteiger partial charge in [-0.2, -0.15) is 8.42 Å². The molecule has 0 amide bonds. The van der Waals surface area contributed by atoms with Gasteiger partial charge in [-0.15, -0.1) is 0 Å². The van der Waals surface area contributed by atoms with Crippen molar-refractivity contribution in [2.75, 3.05) is 6.61 Å². The molecule has 0 heterocycles. The SMILES string of the molecule is CCCOS(=O)(=O)c1ccccc1C. The molecule has 0 aromatic heterocycles. The third kappa shape index (κ3) is 2.56. The summed E-state index contributed by atoms with van der Waals surface area (Å²) >= 11 is 0. The Balaban J connectivity index is 2.99. The minimum Gasteiger partial charge on any atom is -0.266 e. The average molecular weight is 214 g/mol. The van der Waals surface area contributed by atoms with E-state index in [1.165, 1.54) is 0 Å². The van der Waals surface area contributed by atoms with Gasteiger partial charge in [-0.25, -0.2) is 0 Å². The minimum absolute atomic E-state index is 0.233. The Morgan fingerprint density at radius 3 is 2.50 bits per heavy atom. The minimum atomic E-state index is -3.55. The van der Waals surface area contributed by atoms with Crippen molar-refractivity contribution in [1.82, 2.24) is 0 Å². The molecule has 0 bridgehead atoms. The molecule has 0 radical (unpaired) electrons. The largest absolute Gasteiger partial charge is 0.297 e. The normalized spacial score (nSPS) is 11.6. The van der Waals surface area contributed by atoms with Crippen molar-refractivity contribution < 1.29 is 12.6 Å². The third-order valence-corrected chi connectivity index (χ3v) is 3.28. The lowest BCUT2D eigenvalue weighted by Crippen LogP contribution is -2.08. The fraction of sp³-hybridized carbons (Fsp3) is 0.400. The Morgan fingerprint density at radius 2 is 1.93 bits per heavy atom. The summed E-state index contributed by atoms with van der Waals surface area (Å²) in [5.74, 6) is 0. The van der Waals surface area contributed by atoms with Gasteiger partial charge in [-0.05, 0) is 25.0 Å². The van der Waals surface area contributed by atoms with E-state index < -0.39 is 10.1 Å². The van der Waals surface area contributed by atoms with E-state index in [9.17, 15) is 8.42 Å². The van der Waals surface area contributed by atoms with Crippen LogP contribution in [0.15, 0.2) is 29.2 Å². The molecule has 0 saturated carbocycles. The maximum Gasteiger partial charge on any atom is 0.297 e. The monoisotopic (exact) mass is 214 g/mol. The summed E-state index contributed by atoms with van der Waals surface area (Å²) in [6, 6.07) is 6.80. The van der Waals surface area contributed by atoms with Gasteiger partial charge < -0.3 is 0 Å². The standard InChI is InChI=1S/C10H14O3S/c1-3-8-13-14(11,12)10-7-5-4-6-9(10)2/h4-7H,3,8H2,1-2H3. The summed E-state index contributed by atoms with van der Waals surface area (Å²) in [5.41, 5.74) is 0.712. The Kier molecular flexibility index (Phi) is 3.66. The number of hydrogen-bond acceptors (Lipinski definition) is 3. The first-order chi connectivity index (χ1) is 6.58. The second-order valence-electron chi connectivity index (χ2n) is 3.04. The first kappa shape index (κ1) is 11.2. The zero-order valence-corrected chi connectivity index (χ0v) is 9.17. The molecule has 4 heteroatoms. The van der Waals surface area contributed by atoms with Crippen LogP contribution in [0.25, 0.3) is 0 Å². The summed E-state index contributed by atoms with van der Waals surface area (Å²) in [6.45, 7) is 3.85. The van der Waals surface area contributed by atoms with E-state index in [-0.39, 0.29) is 11.5 Å². The van der Waals surface area contributed by atoms with Gasteiger partial charge in [-0.3, -0.25) is 4.18 Å². The topological polar surface area (TPSA) is 43.4 Å². The van der Waals surface area contributed by atoms with E-state index >= 15 is 0 Å². The fourth-order valence-corrected chi connectivity index (χ4v) is 2.31. The quantitative estimate of drug-likeness (QED) is 0.721. The molecule has 78 valence electrons. The molecule has 1 aromatic carbocycles. The third-order valence-electron chi connectivity index (χ3n) is 1.81. The highest BCUT2D eigenvalue weighted by atomic mass is 32.2. The van der Waals surface area contributed by atoms with Gasteiger partial charge in [0.15, 0.2) is 0 Å². The number of aryl methyl sites for hydroxylation is 1. The first-order valence-electron chi connectivity index (χ1n) is 4.53. The van der Waals surface area contributed by atoms with E-state index in [2.05, 4.69) is 0 Å². The van der Waals surface area contributed by atoms with Gasteiger partial charge in [0.1, 0.15) is 0 Å². The average Bonchev–Trinajstić information content (AvgIpc) is 2.15.